The van der Waals surface area contributed by atoms with Crippen LogP contribution in [0.1, 0.15) is 43.0 Å². The van der Waals surface area contributed by atoms with E-state index in [1.165, 1.54) is 0 Å². The molecule has 1 aromatic carbocycles. The Balaban J connectivity index is 2.09. The number of hydrogen-bond acceptors (Lipinski definition) is 3. The summed E-state index contributed by atoms with van der Waals surface area (Å²) in [6.07, 6.45) is 3.80. The van der Waals surface area contributed by atoms with Crippen molar-refractivity contribution in [3.63, 3.8) is 0 Å². The van der Waals surface area contributed by atoms with E-state index in [0.29, 0.717) is 11.3 Å². The molecule has 1 aliphatic rings. The van der Waals surface area contributed by atoms with Crippen LogP contribution in [0, 0.1) is 5.41 Å². The lowest BCUT2D eigenvalue weighted by Gasteiger charge is -2.36. The van der Waals surface area contributed by atoms with Crippen molar-refractivity contribution in [3.8, 4) is 0 Å². The number of primary amides is 1. The standard InChI is InChI=1S/C16H23N3O2/c1-2-8-16(9-3-10-18-11-16)15(21)19-13-6-4-12(5-7-13)14(17)20/h4-7,18H,2-3,8-11H2,1H3,(H2,17,20)(H,19,21). The van der Waals surface area contributed by atoms with Crippen molar-refractivity contribution >= 4 is 17.5 Å². The van der Waals surface area contributed by atoms with Gasteiger partial charge in [-0.2, -0.15) is 0 Å². The third-order valence-electron chi connectivity index (χ3n) is 4.11. The summed E-state index contributed by atoms with van der Waals surface area (Å²) in [6.45, 7) is 3.81. The summed E-state index contributed by atoms with van der Waals surface area (Å²) in [4.78, 5) is 23.7. The van der Waals surface area contributed by atoms with Crippen molar-refractivity contribution in [1.29, 1.82) is 0 Å². The number of carbonyl (C=O) groups excluding carboxylic acids is 2. The van der Waals surface area contributed by atoms with Crippen LogP contribution in [0.5, 0.6) is 0 Å². The zero-order chi connectivity index (χ0) is 15.3. The van der Waals surface area contributed by atoms with Gasteiger partial charge in [0.25, 0.3) is 0 Å². The van der Waals surface area contributed by atoms with E-state index in [1.54, 1.807) is 24.3 Å². The van der Waals surface area contributed by atoms with Gasteiger partial charge in [0.05, 0.1) is 5.41 Å². The highest BCUT2D eigenvalue weighted by atomic mass is 16.2. The number of hydrogen-bond donors (Lipinski definition) is 3. The largest absolute Gasteiger partial charge is 0.366 e. The van der Waals surface area contributed by atoms with E-state index in [2.05, 4.69) is 17.6 Å². The fraction of sp³-hybridized carbons (Fsp3) is 0.500. The van der Waals surface area contributed by atoms with Gasteiger partial charge in [-0.05, 0) is 50.1 Å². The quantitative estimate of drug-likeness (QED) is 0.774. The van der Waals surface area contributed by atoms with Crippen molar-refractivity contribution in [2.45, 2.75) is 32.6 Å². The lowest BCUT2D eigenvalue weighted by molar-refractivity contribution is -0.127. The highest BCUT2D eigenvalue weighted by molar-refractivity contribution is 5.97. The number of rotatable bonds is 5. The molecule has 0 radical (unpaired) electrons. The summed E-state index contributed by atoms with van der Waals surface area (Å²) >= 11 is 0. The van der Waals surface area contributed by atoms with Gasteiger partial charge in [0.2, 0.25) is 11.8 Å². The van der Waals surface area contributed by atoms with Gasteiger partial charge in [-0.3, -0.25) is 9.59 Å². The Morgan fingerprint density at radius 3 is 2.57 bits per heavy atom. The molecule has 1 unspecified atom stereocenters. The number of nitrogens with one attached hydrogen (secondary N) is 2. The van der Waals surface area contributed by atoms with E-state index >= 15 is 0 Å². The van der Waals surface area contributed by atoms with Gasteiger partial charge < -0.3 is 16.4 Å². The van der Waals surface area contributed by atoms with Crippen molar-refractivity contribution in [3.05, 3.63) is 29.8 Å². The third kappa shape index (κ3) is 3.61. The maximum atomic E-state index is 12.7. The summed E-state index contributed by atoms with van der Waals surface area (Å²) in [6, 6.07) is 6.69. The molecule has 1 atom stereocenters. The molecule has 114 valence electrons. The van der Waals surface area contributed by atoms with Crippen LogP contribution in [0.2, 0.25) is 0 Å². The summed E-state index contributed by atoms with van der Waals surface area (Å²) in [7, 11) is 0. The van der Waals surface area contributed by atoms with Gasteiger partial charge in [-0.1, -0.05) is 13.3 Å². The lowest BCUT2D eigenvalue weighted by atomic mass is 9.76. The Labute approximate surface area is 125 Å². The molecule has 0 spiro atoms. The van der Waals surface area contributed by atoms with Gasteiger partial charge in [0.15, 0.2) is 0 Å². The molecular weight excluding hydrogens is 266 g/mol. The highest BCUT2D eigenvalue weighted by Crippen LogP contribution is 2.33. The van der Waals surface area contributed by atoms with Crippen LogP contribution in [0.4, 0.5) is 5.69 Å². The van der Waals surface area contributed by atoms with Crippen LogP contribution in [0.25, 0.3) is 0 Å². The number of amides is 2. The van der Waals surface area contributed by atoms with Crippen molar-refractivity contribution in [1.82, 2.24) is 5.32 Å². The predicted octanol–water partition coefficient (Wildman–Crippen LogP) is 1.89. The SMILES string of the molecule is CCCC1(C(=O)Nc2ccc(C(N)=O)cc2)CCCNC1. The molecule has 0 aromatic heterocycles. The molecule has 5 nitrogen and oxygen atoms in total. The predicted molar refractivity (Wildman–Crippen MR) is 83.0 cm³/mol. The molecule has 1 aromatic rings. The zero-order valence-corrected chi connectivity index (χ0v) is 12.4. The molecule has 5 heteroatoms. The van der Waals surface area contributed by atoms with Crippen LogP contribution < -0.4 is 16.4 Å². The Hall–Kier alpha value is -1.88. The monoisotopic (exact) mass is 289 g/mol. The van der Waals surface area contributed by atoms with E-state index in [4.69, 9.17) is 5.73 Å². The number of benzene rings is 1. The molecule has 4 N–H and O–H groups in total. The first-order valence-corrected chi connectivity index (χ1v) is 7.49. The van der Waals surface area contributed by atoms with E-state index in [0.717, 1.165) is 38.8 Å². The minimum atomic E-state index is -0.466. The first-order chi connectivity index (χ1) is 10.1. The van der Waals surface area contributed by atoms with Crippen LogP contribution in [0.15, 0.2) is 24.3 Å². The summed E-state index contributed by atoms with van der Waals surface area (Å²) in [5.41, 5.74) is 6.02. The second kappa shape index (κ2) is 6.72. The molecule has 0 aliphatic carbocycles. The normalized spacial score (nSPS) is 21.8. The average Bonchev–Trinajstić information content (AvgIpc) is 2.49. The molecule has 0 bridgehead atoms. The minimum absolute atomic E-state index is 0.0587. The fourth-order valence-corrected chi connectivity index (χ4v) is 2.95. The maximum absolute atomic E-state index is 12.7. The third-order valence-corrected chi connectivity index (χ3v) is 4.11. The minimum Gasteiger partial charge on any atom is -0.366 e. The second-order valence-corrected chi connectivity index (χ2v) is 5.71. The molecule has 0 saturated carbocycles. The molecule has 1 saturated heterocycles. The van der Waals surface area contributed by atoms with Crippen LogP contribution >= 0.6 is 0 Å². The Kier molecular flexibility index (Phi) is 4.96. The zero-order valence-electron chi connectivity index (χ0n) is 12.4. The molecule has 2 rings (SSSR count). The molecule has 1 fully saturated rings. The topological polar surface area (TPSA) is 84.2 Å². The summed E-state index contributed by atoms with van der Waals surface area (Å²) < 4.78 is 0. The number of carbonyl (C=O) groups is 2. The van der Waals surface area contributed by atoms with Crippen molar-refractivity contribution < 1.29 is 9.59 Å². The fourth-order valence-electron chi connectivity index (χ4n) is 2.95. The highest BCUT2D eigenvalue weighted by Gasteiger charge is 2.38. The summed E-state index contributed by atoms with van der Waals surface area (Å²) in [5.74, 6) is -0.407. The Morgan fingerprint density at radius 1 is 1.33 bits per heavy atom. The second-order valence-electron chi connectivity index (χ2n) is 5.71. The van der Waals surface area contributed by atoms with Gasteiger partial charge in [-0.25, -0.2) is 0 Å². The lowest BCUT2D eigenvalue weighted by Crippen LogP contribution is -2.48. The Morgan fingerprint density at radius 2 is 2.05 bits per heavy atom. The molecule has 1 aliphatic heterocycles. The van der Waals surface area contributed by atoms with Gasteiger partial charge in [0.1, 0.15) is 0 Å². The molecule has 1 heterocycles. The first-order valence-electron chi connectivity index (χ1n) is 7.49. The van der Waals surface area contributed by atoms with E-state index in [1.807, 2.05) is 0 Å². The van der Waals surface area contributed by atoms with E-state index in [9.17, 15) is 9.59 Å². The van der Waals surface area contributed by atoms with Gasteiger partial charge in [0, 0.05) is 17.8 Å². The number of piperidine rings is 1. The molecule has 21 heavy (non-hydrogen) atoms. The van der Waals surface area contributed by atoms with Crippen molar-refractivity contribution in [2.24, 2.45) is 11.1 Å². The Bertz CT molecular complexity index is 499. The average molecular weight is 289 g/mol. The van der Waals surface area contributed by atoms with Crippen LogP contribution in [-0.2, 0) is 4.79 Å². The summed E-state index contributed by atoms with van der Waals surface area (Å²) in [5, 5.41) is 6.30. The number of nitrogens with two attached hydrogens (primary N) is 1. The van der Waals surface area contributed by atoms with Crippen LogP contribution in [-0.4, -0.2) is 24.9 Å². The molecular formula is C16H23N3O2. The van der Waals surface area contributed by atoms with E-state index < -0.39 is 5.91 Å². The molecule has 2 amide bonds. The van der Waals surface area contributed by atoms with Crippen molar-refractivity contribution in [2.75, 3.05) is 18.4 Å². The van der Waals surface area contributed by atoms with Gasteiger partial charge >= 0.3 is 0 Å². The number of anilines is 1. The first kappa shape index (κ1) is 15.5. The smallest absolute Gasteiger partial charge is 0.248 e. The van der Waals surface area contributed by atoms with E-state index in [-0.39, 0.29) is 11.3 Å². The van der Waals surface area contributed by atoms with Gasteiger partial charge in [-0.15, -0.1) is 0 Å². The maximum Gasteiger partial charge on any atom is 0.248 e. The van der Waals surface area contributed by atoms with Crippen LogP contribution in [0.3, 0.4) is 0 Å².